The van der Waals surface area contributed by atoms with Crippen LogP contribution < -0.4 is 15.4 Å². The standard InChI is InChI=1S/C23H23N3O3/c1-29-19-12-10-17(11-13-19)14-15-24-22(27)20-8-5-9-21(26-20)23(28)25-16-18-6-3-2-4-7-18/h2-13H,14-16H2,1H3,(H,24,27)(H,25,28). The van der Waals surface area contributed by atoms with Gasteiger partial charge in [0.05, 0.1) is 7.11 Å². The van der Waals surface area contributed by atoms with Crippen LogP contribution >= 0.6 is 0 Å². The van der Waals surface area contributed by atoms with Crippen molar-refractivity contribution in [2.24, 2.45) is 0 Å². The summed E-state index contributed by atoms with van der Waals surface area (Å²) in [5.74, 6) is 0.169. The van der Waals surface area contributed by atoms with Crippen molar-refractivity contribution in [1.29, 1.82) is 0 Å². The molecule has 0 aliphatic heterocycles. The summed E-state index contributed by atoms with van der Waals surface area (Å²) in [6.07, 6.45) is 0.687. The second-order valence-corrected chi connectivity index (χ2v) is 6.43. The number of rotatable bonds is 8. The van der Waals surface area contributed by atoms with Crippen LogP contribution in [-0.2, 0) is 13.0 Å². The number of methoxy groups -OCH3 is 1. The number of hydrogen-bond acceptors (Lipinski definition) is 4. The number of nitrogens with zero attached hydrogens (tertiary/aromatic N) is 1. The van der Waals surface area contributed by atoms with E-state index < -0.39 is 0 Å². The van der Waals surface area contributed by atoms with Gasteiger partial charge in [0.2, 0.25) is 0 Å². The lowest BCUT2D eigenvalue weighted by Gasteiger charge is -2.08. The first kappa shape index (κ1) is 20.1. The van der Waals surface area contributed by atoms with E-state index >= 15 is 0 Å². The molecule has 2 N–H and O–H groups in total. The summed E-state index contributed by atoms with van der Waals surface area (Å²) < 4.78 is 5.13. The number of ether oxygens (including phenoxy) is 1. The van der Waals surface area contributed by atoms with Gasteiger partial charge in [-0.1, -0.05) is 48.5 Å². The molecule has 0 spiro atoms. The van der Waals surface area contributed by atoms with E-state index in [2.05, 4.69) is 15.6 Å². The van der Waals surface area contributed by atoms with E-state index in [-0.39, 0.29) is 23.2 Å². The van der Waals surface area contributed by atoms with Gasteiger partial charge in [-0.25, -0.2) is 4.98 Å². The molecule has 1 heterocycles. The highest BCUT2D eigenvalue weighted by atomic mass is 16.5. The van der Waals surface area contributed by atoms with Crippen molar-refractivity contribution in [3.05, 3.63) is 95.3 Å². The van der Waals surface area contributed by atoms with Gasteiger partial charge in [0, 0.05) is 13.1 Å². The summed E-state index contributed by atoms with van der Waals surface area (Å²) in [6, 6.07) is 22.1. The van der Waals surface area contributed by atoms with Gasteiger partial charge in [0.1, 0.15) is 17.1 Å². The van der Waals surface area contributed by atoms with Crippen LogP contribution in [0.1, 0.15) is 32.1 Å². The minimum Gasteiger partial charge on any atom is -0.497 e. The molecule has 2 aromatic carbocycles. The van der Waals surface area contributed by atoms with Crippen molar-refractivity contribution >= 4 is 11.8 Å². The molecule has 0 fully saturated rings. The van der Waals surface area contributed by atoms with Crippen molar-refractivity contribution in [3.63, 3.8) is 0 Å². The molecule has 0 bridgehead atoms. The lowest BCUT2D eigenvalue weighted by molar-refractivity contribution is 0.0943. The lowest BCUT2D eigenvalue weighted by atomic mass is 10.1. The SMILES string of the molecule is COc1ccc(CCNC(=O)c2cccc(C(=O)NCc3ccccc3)n2)cc1. The van der Waals surface area contributed by atoms with E-state index in [1.807, 2.05) is 54.6 Å². The van der Waals surface area contributed by atoms with Gasteiger partial charge in [-0.15, -0.1) is 0 Å². The maximum absolute atomic E-state index is 12.4. The average Bonchev–Trinajstić information content (AvgIpc) is 2.78. The van der Waals surface area contributed by atoms with Crippen LogP contribution in [0.5, 0.6) is 5.75 Å². The molecule has 0 saturated heterocycles. The molecule has 3 aromatic rings. The predicted molar refractivity (Wildman–Crippen MR) is 111 cm³/mol. The molecule has 3 rings (SSSR count). The van der Waals surface area contributed by atoms with E-state index in [1.54, 1.807) is 25.3 Å². The Kier molecular flexibility index (Phi) is 6.95. The highest BCUT2D eigenvalue weighted by Gasteiger charge is 2.12. The highest BCUT2D eigenvalue weighted by molar-refractivity contribution is 5.96. The third-order valence-corrected chi connectivity index (χ3v) is 4.37. The number of benzene rings is 2. The van der Waals surface area contributed by atoms with Gasteiger partial charge in [0.25, 0.3) is 11.8 Å². The zero-order valence-corrected chi connectivity index (χ0v) is 16.2. The number of nitrogens with one attached hydrogen (secondary N) is 2. The number of pyridine rings is 1. The molecule has 0 aliphatic rings. The van der Waals surface area contributed by atoms with E-state index in [9.17, 15) is 9.59 Å². The molecule has 0 unspecified atom stereocenters. The maximum atomic E-state index is 12.4. The molecule has 148 valence electrons. The zero-order valence-electron chi connectivity index (χ0n) is 16.2. The fourth-order valence-corrected chi connectivity index (χ4v) is 2.76. The monoisotopic (exact) mass is 389 g/mol. The van der Waals surface area contributed by atoms with Gasteiger partial charge in [0.15, 0.2) is 0 Å². The quantitative estimate of drug-likeness (QED) is 0.621. The molecule has 1 aromatic heterocycles. The Bertz CT molecular complexity index is 957. The molecule has 29 heavy (non-hydrogen) atoms. The second-order valence-electron chi connectivity index (χ2n) is 6.43. The van der Waals surface area contributed by atoms with E-state index in [4.69, 9.17) is 4.74 Å². The van der Waals surface area contributed by atoms with Crippen molar-refractivity contribution < 1.29 is 14.3 Å². The van der Waals surface area contributed by atoms with E-state index in [0.29, 0.717) is 19.5 Å². The number of carbonyl (C=O) groups is 2. The van der Waals surface area contributed by atoms with Crippen LogP contribution in [0.4, 0.5) is 0 Å². The highest BCUT2D eigenvalue weighted by Crippen LogP contribution is 2.11. The molecule has 0 radical (unpaired) electrons. The van der Waals surface area contributed by atoms with Gasteiger partial charge in [-0.2, -0.15) is 0 Å². The molecule has 0 aliphatic carbocycles. The lowest BCUT2D eigenvalue weighted by Crippen LogP contribution is -2.28. The third kappa shape index (κ3) is 5.90. The van der Waals surface area contributed by atoms with Gasteiger partial charge < -0.3 is 15.4 Å². The van der Waals surface area contributed by atoms with Gasteiger partial charge >= 0.3 is 0 Å². The smallest absolute Gasteiger partial charge is 0.270 e. The summed E-state index contributed by atoms with van der Waals surface area (Å²) in [7, 11) is 1.62. The van der Waals surface area contributed by atoms with Crippen molar-refractivity contribution in [3.8, 4) is 5.75 Å². The number of hydrogen-bond donors (Lipinski definition) is 2. The van der Waals surface area contributed by atoms with Crippen LogP contribution in [0.3, 0.4) is 0 Å². The Morgan fingerprint density at radius 3 is 2.10 bits per heavy atom. The molecule has 0 saturated carbocycles. The second kappa shape index (κ2) is 10.0. The van der Waals surface area contributed by atoms with Crippen molar-refractivity contribution in [1.82, 2.24) is 15.6 Å². The topological polar surface area (TPSA) is 80.3 Å². The van der Waals surface area contributed by atoms with Crippen LogP contribution in [-0.4, -0.2) is 30.5 Å². The van der Waals surface area contributed by atoms with Gasteiger partial charge in [-0.3, -0.25) is 9.59 Å². The molecule has 2 amide bonds. The Labute approximate surface area is 169 Å². The summed E-state index contributed by atoms with van der Waals surface area (Å²) in [5.41, 5.74) is 2.51. The van der Waals surface area contributed by atoms with Crippen molar-refractivity contribution in [2.75, 3.05) is 13.7 Å². The first-order chi connectivity index (χ1) is 14.2. The number of aromatic nitrogens is 1. The third-order valence-electron chi connectivity index (χ3n) is 4.37. The summed E-state index contributed by atoms with van der Waals surface area (Å²) in [5, 5.41) is 5.65. The first-order valence-corrected chi connectivity index (χ1v) is 9.36. The minimum absolute atomic E-state index is 0.212. The van der Waals surface area contributed by atoms with Crippen LogP contribution in [0.15, 0.2) is 72.8 Å². The fourth-order valence-electron chi connectivity index (χ4n) is 2.76. The minimum atomic E-state index is -0.318. The Balaban J connectivity index is 1.52. The van der Waals surface area contributed by atoms with E-state index in [0.717, 1.165) is 16.9 Å². The Morgan fingerprint density at radius 2 is 1.45 bits per heavy atom. The number of carbonyl (C=O) groups excluding carboxylic acids is 2. The van der Waals surface area contributed by atoms with Crippen molar-refractivity contribution in [2.45, 2.75) is 13.0 Å². The summed E-state index contributed by atoms with van der Waals surface area (Å²) >= 11 is 0. The molecule has 6 heteroatoms. The van der Waals surface area contributed by atoms with Crippen LogP contribution in [0.2, 0.25) is 0 Å². The number of amides is 2. The van der Waals surface area contributed by atoms with E-state index in [1.165, 1.54) is 0 Å². The summed E-state index contributed by atoms with van der Waals surface area (Å²) in [6.45, 7) is 0.872. The maximum Gasteiger partial charge on any atom is 0.270 e. The molecule has 6 nitrogen and oxygen atoms in total. The van der Waals surface area contributed by atoms with Crippen LogP contribution in [0, 0.1) is 0 Å². The Hall–Kier alpha value is -3.67. The molecular weight excluding hydrogens is 366 g/mol. The normalized spacial score (nSPS) is 10.2. The predicted octanol–water partition coefficient (Wildman–Crippen LogP) is 2.99. The average molecular weight is 389 g/mol. The largest absolute Gasteiger partial charge is 0.497 e. The zero-order chi connectivity index (χ0) is 20.5. The first-order valence-electron chi connectivity index (χ1n) is 9.36. The molecule has 0 atom stereocenters. The Morgan fingerprint density at radius 1 is 0.793 bits per heavy atom. The van der Waals surface area contributed by atoms with Gasteiger partial charge in [-0.05, 0) is 41.8 Å². The molecular formula is C23H23N3O3. The summed E-state index contributed by atoms with van der Waals surface area (Å²) in [4.78, 5) is 28.9. The van der Waals surface area contributed by atoms with Crippen LogP contribution in [0.25, 0.3) is 0 Å². The fraction of sp³-hybridized carbons (Fsp3) is 0.174.